The van der Waals surface area contributed by atoms with E-state index in [1.165, 1.54) is 38.5 Å². The topological polar surface area (TPSA) is 26.0 Å². The first-order valence-corrected chi connectivity index (χ1v) is 5.14. The molecule has 0 aromatic carbocycles. The standard InChI is InChI=1S/C11H21N/c1-2-3-7-11(10-12)8-5-4-6-9-11/h2-3H,4-10,12H2,1H3/b3-2+. The van der Waals surface area contributed by atoms with Crippen LogP contribution < -0.4 is 5.73 Å². The number of rotatable bonds is 3. The molecule has 0 atom stereocenters. The maximum absolute atomic E-state index is 5.85. The van der Waals surface area contributed by atoms with Crippen molar-refractivity contribution in [2.24, 2.45) is 11.1 Å². The van der Waals surface area contributed by atoms with Crippen molar-refractivity contribution in [1.82, 2.24) is 0 Å². The van der Waals surface area contributed by atoms with Crippen LogP contribution in [0, 0.1) is 5.41 Å². The zero-order chi connectivity index (χ0) is 8.86. The van der Waals surface area contributed by atoms with E-state index in [1.807, 2.05) is 0 Å². The highest BCUT2D eigenvalue weighted by molar-refractivity contribution is 4.92. The van der Waals surface area contributed by atoms with Crippen LogP contribution in [0.2, 0.25) is 0 Å². The number of hydrogen-bond acceptors (Lipinski definition) is 1. The van der Waals surface area contributed by atoms with Crippen LogP contribution in [0.3, 0.4) is 0 Å². The van der Waals surface area contributed by atoms with Gasteiger partial charge in [0.2, 0.25) is 0 Å². The molecule has 0 aromatic heterocycles. The van der Waals surface area contributed by atoms with Gasteiger partial charge in [-0.05, 0) is 38.1 Å². The molecule has 0 radical (unpaired) electrons. The van der Waals surface area contributed by atoms with Gasteiger partial charge in [0.05, 0.1) is 0 Å². The third-order valence-corrected chi connectivity index (χ3v) is 3.13. The second-order valence-corrected chi connectivity index (χ2v) is 4.04. The third-order valence-electron chi connectivity index (χ3n) is 3.13. The monoisotopic (exact) mass is 167 g/mol. The molecule has 1 fully saturated rings. The number of allylic oxidation sites excluding steroid dienone is 2. The van der Waals surface area contributed by atoms with E-state index in [1.54, 1.807) is 0 Å². The first-order valence-electron chi connectivity index (χ1n) is 5.14. The summed E-state index contributed by atoms with van der Waals surface area (Å²) in [5.41, 5.74) is 6.31. The van der Waals surface area contributed by atoms with Crippen LogP contribution in [-0.4, -0.2) is 6.54 Å². The maximum Gasteiger partial charge on any atom is -0.00176 e. The van der Waals surface area contributed by atoms with Gasteiger partial charge in [0.1, 0.15) is 0 Å². The van der Waals surface area contributed by atoms with Gasteiger partial charge in [-0.2, -0.15) is 0 Å². The van der Waals surface area contributed by atoms with Gasteiger partial charge in [-0.1, -0.05) is 31.4 Å². The minimum absolute atomic E-state index is 0.463. The Hall–Kier alpha value is -0.300. The second-order valence-electron chi connectivity index (χ2n) is 4.04. The summed E-state index contributed by atoms with van der Waals surface area (Å²) in [7, 11) is 0. The van der Waals surface area contributed by atoms with Gasteiger partial charge in [0.15, 0.2) is 0 Å². The van der Waals surface area contributed by atoms with Gasteiger partial charge in [-0.3, -0.25) is 0 Å². The summed E-state index contributed by atoms with van der Waals surface area (Å²) in [5, 5.41) is 0. The highest BCUT2D eigenvalue weighted by Crippen LogP contribution is 2.38. The summed E-state index contributed by atoms with van der Waals surface area (Å²) >= 11 is 0. The fourth-order valence-electron chi connectivity index (χ4n) is 2.16. The SMILES string of the molecule is C/C=C/CC1(CN)CCCCC1. The highest BCUT2D eigenvalue weighted by atomic mass is 14.6. The van der Waals surface area contributed by atoms with Crippen LogP contribution in [0.1, 0.15) is 45.4 Å². The quantitative estimate of drug-likeness (QED) is 0.643. The first kappa shape index (κ1) is 9.79. The number of nitrogens with two attached hydrogens (primary N) is 1. The van der Waals surface area contributed by atoms with E-state index in [0.29, 0.717) is 5.41 Å². The molecule has 0 amide bonds. The third kappa shape index (κ3) is 2.34. The van der Waals surface area contributed by atoms with Crippen molar-refractivity contribution < 1.29 is 0 Å². The fraction of sp³-hybridized carbons (Fsp3) is 0.818. The molecule has 70 valence electrons. The van der Waals surface area contributed by atoms with Gasteiger partial charge in [-0.25, -0.2) is 0 Å². The van der Waals surface area contributed by atoms with E-state index < -0.39 is 0 Å². The van der Waals surface area contributed by atoms with Crippen molar-refractivity contribution in [1.29, 1.82) is 0 Å². The van der Waals surface area contributed by atoms with E-state index >= 15 is 0 Å². The van der Waals surface area contributed by atoms with Crippen LogP contribution in [0.5, 0.6) is 0 Å². The molecule has 1 aliphatic carbocycles. The summed E-state index contributed by atoms with van der Waals surface area (Å²) in [6, 6.07) is 0. The second kappa shape index (κ2) is 4.66. The molecule has 0 aliphatic heterocycles. The summed E-state index contributed by atoms with van der Waals surface area (Å²) in [5.74, 6) is 0. The normalized spacial score (nSPS) is 23.2. The Labute approximate surface area is 76.0 Å². The molecule has 1 heteroatoms. The maximum atomic E-state index is 5.85. The molecule has 0 unspecified atom stereocenters. The van der Waals surface area contributed by atoms with Gasteiger partial charge in [-0.15, -0.1) is 0 Å². The van der Waals surface area contributed by atoms with Crippen molar-refractivity contribution >= 4 is 0 Å². The minimum atomic E-state index is 0.463. The van der Waals surface area contributed by atoms with E-state index in [2.05, 4.69) is 19.1 Å². The van der Waals surface area contributed by atoms with E-state index in [-0.39, 0.29) is 0 Å². The molecule has 1 rings (SSSR count). The van der Waals surface area contributed by atoms with Crippen molar-refractivity contribution in [2.45, 2.75) is 45.4 Å². The molecule has 0 spiro atoms. The molecule has 1 nitrogen and oxygen atoms in total. The molecule has 1 saturated carbocycles. The summed E-state index contributed by atoms with van der Waals surface area (Å²) in [6.07, 6.45) is 12.5. The predicted octanol–water partition coefficient (Wildman–Crippen LogP) is 2.86. The van der Waals surface area contributed by atoms with E-state index in [9.17, 15) is 0 Å². The lowest BCUT2D eigenvalue weighted by Gasteiger charge is -2.35. The molecule has 2 N–H and O–H groups in total. The van der Waals surface area contributed by atoms with Crippen molar-refractivity contribution in [3.63, 3.8) is 0 Å². The van der Waals surface area contributed by atoms with Crippen molar-refractivity contribution in [3.8, 4) is 0 Å². The fourth-order valence-corrected chi connectivity index (χ4v) is 2.16. The lowest BCUT2D eigenvalue weighted by Crippen LogP contribution is -2.32. The Morgan fingerprint density at radius 3 is 2.42 bits per heavy atom. The molecule has 12 heavy (non-hydrogen) atoms. The van der Waals surface area contributed by atoms with Crippen molar-refractivity contribution in [3.05, 3.63) is 12.2 Å². The zero-order valence-corrected chi connectivity index (χ0v) is 8.18. The molecule has 0 heterocycles. The molecular formula is C11H21N. The lowest BCUT2D eigenvalue weighted by molar-refractivity contribution is 0.201. The Bertz CT molecular complexity index is 143. The van der Waals surface area contributed by atoms with Crippen molar-refractivity contribution in [2.75, 3.05) is 6.54 Å². The van der Waals surface area contributed by atoms with Gasteiger partial charge in [0.25, 0.3) is 0 Å². The van der Waals surface area contributed by atoms with Crippen LogP contribution in [-0.2, 0) is 0 Å². The molecule has 0 saturated heterocycles. The Balaban J connectivity index is 2.47. The average Bonchev–Trinajstić information content (AvgIpc) is 2.16. The Kier molecular flexibility index (Phi) is 3.80. The Morgan fingerprint density at radius 2 is 1.92 bits per heavy atom. The molecular weight excluding hydrogens is 146 g/mol. The van der Waals surface area contributed by atoms with Crippen LogP contribution in [0.4, 0.5) is 0 Å². The highest BCUT2D eigenvalue weighted by Gasteiger charge is 2.28. The molecule has 0 aromatic rings. The van der Waals surface area contributed by atoms with Crippen LogP contribution >= 0.6 is 0 Å². The van der Waals surface area contributed by atoms with Crippen LogP contribution in [0.25, 0.3) is 0 Å². The number of hydrogen-bond donors (Lipinski definition) is 1. The Morgan fingerprint density at radius 1 is 1.25 bits per heavy atom. The largest absolute Gasteiger partial charge is 0.330 e. The van der Waals surface area contributed by atoms with Crippen LogP contribution in [0.15, 0.2) is 12.2 Å². The summed E-state index contributed by atoms with van der Waals surface area (Å²) in [4.78, 5) is 0. The summed E-state index contributed by atoms with van der Waals surface area (Å²) < 4.78 is 0. The predicted molar refractivity (Wildman–Crippen MR) is 54.0 cm³/mol. The van der Waals surface area contributed by atoms with Gasteiger partial charge in [0, 0.05) is 0 Å². The van der Waals surface area contributed by atoms with Gasteiger partial charge < -0.3 is 5.73 Å². The first-order chi connectivity index (χ1) is 5.83. The molecule has 0 bridgehead atoms. The lowest BCUT2D eigenvalue weighted by atomic mass is 9.72. The van der Waals surface area contributed by atoms with E-state index in [0.717, 1.165) is 6.54 Å². The summed E-state index contributed by atoms with van der Waals surface area (Å²) in [6.45, 7) is 2.96. The smallest absolute Gasteiger partial charge is 0.00176 e. The molecule has 1 aliphatic rings. The van der Waals surface area contributed by atoms with Gasteiger partial charge >= 0.3 is 0 Å². The minimum Gasteiger partial charge on any atom is -0.330 e. The average molecular weight is 167 g/mol. The zero-order valence-electron chi connectivity index (χ0n) is 8.18. The van der Waals surface area contributed by atoms with E-state index in [4.69, 9.17) is 5.73 Å².